The highest BCUT2D eigenvalue weighted by Gasteiger charge is 2.11. The van der Waals surface area contributed by atoms with Gasteiger partial charge in [0.2, 0.25) is 5.88 Å². The smallest absolute Gasteiger partial charge is 0.212 e. The van der Waals surface area contributed by atoms with Gasteiger partial charge in [-0.3, -0.25) is 4.98 Å². The summed E-state index contributed by atoms with van der Waals surface area (Å²) >= 11 is 0. The van der Waals surface area contributed by atoms with Gasteiger partial charge in [0.1, 0.15) is 0 Å². The molecule has 0 radical (unpaired) electrons. The number of hydrogen-bond acceptors (Lipinski definition) is 4. The van der Waals surface area contributed by atoms with Crippen LogP contribution in [-0.4, -0.2) is 17.1 Å². The molecule has 0 spiro atoms. The van der Waals surface area contributed by atoms with Gasteiger partial charge in [-0.1, -0.05) is 30.3 Å². The molecule has 0 saturated heterocycles. The summed E-state index contributed by atoms with van der Waals surface area (Å²) in [5.74, 6) is 0.610. The van der Waals surface area contributed by atoms with E-state index in [0.717, 1.165) is 22.0 Å². The van der Waals surface area contributed by atoms with Gasteiger partial charge in [0.05, 0.1) is 12.6 Å². The van der Waals surface area contributed by atoms with E-state index in [4.69, 9.17) is 10.5 Å². The molecule has 3 rings (SSSR count). The second kappa shape index (κ2) is 5.89. The maximum atomic E-state index is 6.36. The molecule has 0 fully saturated rings. The predicted octanol–water partition coefficient (Wildman–Crippen LogP) is 2.88. The Balaban J connectivity index is 1.88. The predicted molar refractivity (Wildman–Crippen MR) is 83.2 cm³/mol. The average Bonchev–Trinajstić information content (AvgIpc) is 2.55. The Kier molecular flexibility index (Phi) is 3.79. The zero-order valence-electron chi connectivity index (χ0n) is 11.9. The van der Waals surface area contributed by atoms with Crippen molar-refractivity contribution in [2.45, 2.75) is 12.5 Å². The molecule has 106 valence electrons. The topological polar surface area (TPSA) is 61.0 Å². The first-order valence-electron chi connectivity index (χ1n) is 6.86. The highest BCUT2D eigenvalue weighted by Crippen LogP contribution is 2.23. The number of fused-ring (bicyclic) bond motifs is 1. The first-order valence-corrected chi connectivity index (χ1v) is 6.86. The van der Waals surface area contributed by atoms with E-state index in [1.54, 1.807) is 19.5 Å². The maximum Gasteiger partial charge on any atom is 0.212 e. The van der Waals surface area contributed by atoms with Crippen LogP contribution in [0.3, 0.4) is 0 Å². The molecule has 1 unspecified atom stereocenters. The van der Waals surface area contributed by atoms with Crippen LogP contribution in [0.2, 0.25) is 0 Å². The van der Waals surface area contributed by atoms with E-state index in [1.165, 1.54) is 0 Å². The van der Waals surface area contributed by atoms with Crippen molar-refractivity contribution in [2.24, 2.45) is 5.73 Å². The molecule has 2 aromatic heterocycles. The number of nitrogens with zero attached hydrogens (tertiary/aromatic N) is 2. The molecular weight excluding hydrogens is 262 g/mol. The van der Waals surface area contributed by atoms with Gasteiger partial charge in [0.25, 0.3) is 0 Å². The van der Waals surface area contributed by atoms with E-state index in [2.05, 4.69) is 9.97 Å². The van der Waals surface area contributed by atoms with Crippen LogP contribution in [0.4, 0.5) is 0 Å². The lowest BCUT2D eigenvalue weighted by Gasteiger charge is -2.14. The van der Waals surface area contributed by atoms with Gasteiger partial charge >= 0.3 is 0 Å². The lowest BCUT2D eigenvalue weighted by atomic mass is 9.98. The third-order valence-corrected chi connectivity index (χ3v) is 3.53. The molecule has 2 N–H and O–H groups in total. The Morgan fingerprint density at radius 2 is 1.95 bits per heavy atom. The molecular formula is C17H17N3O. The van der Waals surface area contributed by atoms with Crippen LogP contribution < -0.4 is 10.5 Å². The van der Waals surface area contributed by atoms with E-state index in [0.29, 0.717) is 12.3 Å². The fourth-order valence-corrected chi connectivity index (χ4v) is 2.44. The first-order chi connectivity index (χ1) is 10.3. The van der Waals surface area contributed by atoms with Crippen LogP contribution in [0.1, 0.15) is 17.2 Å². The van der Waals surface area contributed by atoms with Crippen LogP contribution >= 0.6 is 0 Å². The van der Waals surface area contributed by atoms with Crippen molar-refractivity contribution in [2.75, 3.05) is 7.11 Å². The van der Waals surface area contributed by atoms with E-state index in [9.17, 15) is 0 Å². The van der Waals surface area contributed by atoms with Crippen LogP contribution in [0.15, 0.2) is 54.9 Å². The second-order valence-electron chi connectivity index (χ2n) is 4.94. The average molecular weight is 279 g/mol. The number of aromatic nitrogens is 2. The van der Waals surface area contributed by atoms with E-state index < -0.39 is 0 Å². The first kappa shape index (κ1) is 13.5. The minimum atomic E-state index is -0.112. The van der Waals surface area contributed by atoms with Gasteiger partial charge in [-0.25, -0.2) is 4.98 Å². The van der Waals surface area contributed by atoms with Crippen molar-refractivity contribution in [3.05, 3.63) is 66.0 Å². The molecule has 1 aromatic carbocycles. The second-order valence-corrected chi connectivity index (χ2v) is 4.94. The van der Waals surface area contributed by atoms with Gasteiger partial charge in [0, 0.05) is 29.9 Å². The summed E-state index contributed by atoms with van der Waals surface area (Å²) in [4.78, 5) is 8.67. The highest BCUT2D eigenvalue weighted by atomic mass is 16.5. The van der Waals surface area contributed by atoms with Crippen LogP contribution in [0.25, 0.3) is 10.9 Å². The van der Waals surface area contributed by atoms with Gasteiger partial charge in [-0.2, -0.15) is 0 Å². The summed E-state index contributed by atoms with van der Waals surface area (Å²) in [5, 5.41) is 1.11. The van der Waals surface area contributed by atoms with Crippen molar-refractivity contribution < 1.29 is 4.74 Å². The van der Waals surface area contributed by atoms with Crippen molar-refractivity contribution in [3.8, 4) is 5.88 Å². The number of pyridine rings is 2. The molecule has 3 aromatic rings. The van der Waals surface area contributed by atoms with Crippen molar-refractivity contribution >= 4 is 10.9 Å². The van der Waals surface area contributed by atoms with Crippen molar-refractivity contribution in [1.82, 2.24) is 9.97 Å². The standard InChI is InChI=1S/C17H17N3O/c1-21-16-8-7-12(11-20-16)10-15(18)14-6-2-4-13-5-3-9-19-17(13)14/h2-9,11,15H,10,18H2,1H3. The quantitative estimate of drug-likeness (QED) is 0.797. The molecule has 2 heterocycles. The number of methoxy groups -OCH3 is 1. The molecule has 0 aliphatic heterocycles. The molecule has 4 nitrogen and oxygen atoms in total. The number of hydrogen-bond donors (Lipinski definition) is 1. The summed E-state index contributed by atoms with van der Waals surface area (Å²) in [6.07, 6.45) is 4.32. The number of rotatable bonds is 4. The summed E-state index contributed by atoms with van der Waals surface area (Å²) in [6.45, 7) is 0. The lowest BCUT2D eigenvalue weighted by Crippen LogP contribution is -2.14. The van der Waals surface area contributed by atoms with Crippen LogP contribution in [-0.2, 0) is 6.42 Å². The van der Waals surface area contributed by atoms with Gasteiger partial charge in [-0.05, 0) is 23.6 Å². The molecule has 0 saturated carbocycles. The maximum absolute atomic E-state index is 6.36. The summed E-state index contributed by atoms with van der Waals surface area (Å²) < 4.78 is 5.06. The Morgan fingerprint density at radius 1 is 1.10 bits per heavy atom. The highest BCUT2D eigenvalue weighted by molar-refractivity contribution is 5.82. The molecule has 21 heavy (non-hydrogen) atoms. The largest absolute Gasteiger partial charge is 0.481 e. The minimum absolute atomic E-state index is 0.112. The SMILES string of the molecule is COc1ccc(CC(N)c2cccc3cccnc23)cn1. The number of benzene rings is 1. The fraction of sp³-hybridized carbons (Fsp3) is 0.176. The zero-order valence-corrected chi connectivity index (χ0v) is 11.9. The summed E-state index contributed by atoms with van der Waals surface area (Å²) in [6, 6.07) is 13.8. The van der Waals surface area contributed by atoms with Crippen LogP contribution in [0.5, 0.6) is 5.88 Å². The zero-order chi connectivity index (χ0) is 14.7. The molecule has 0 aliphatic rings. The Bertz CT molecular complexity index is 735. The number of ether oxygens (including phenoxy) is 1. The molecule has 1 atom stereocenters. The normalized spacial score (nSPS) is 12.3. The van der Waals surface area contributed by atoms with Gasteiger partial charge in [0.15, 0.2) is 0 Å². The summed E-state index contributed by atoms with van der Waals surface area (Å²) in [5.41, 5.74) is 9.47. The van der Waals surface area contributed by atoms with E-state index in [1.807, 2.05) is 42.5 Å². The third-order valence-electron chi connectivity index (χ3n) is 3.53. The Hall–Kier alpha value is -2.46. The fourth-order valence-electron chi connectivity index (χ4n) is 2.44. The van der Waals surface area contributed by atoms with Crippen LogP contribution in [0, 0.1) is 0 Å². The van der Waals surface area contributed by atoms with E-state index in [-0.39, 0.29) is 6.04 Å². The Labute approximate surface area is 123 Å². The lowest BCUT2D eigenvalue weighted by molar-refractivity contribution is 0.397. The molecule has 0 amide bonds. The monoisotopic (exact) mass is 279 g/mol. The Morgan fingerprint density at radius 3 is 2.71 bits per heavy atom. The molecule has 0 bridgehead atoms. The van der Waals surface area contributed by atoms with Crippen molar-refractivity contribution in [1.29, 1.82) is 0 Å². The van der Waals surface area contributed by atoms with E-state index >= 15 is 0 Å². The molecule has 0 aliphatic carbocycles. The minimum Gasteiger partial charge on any atom is -0.481 e. The third kappa shape index (κ3) is 2.85. The summed E-state index contributed by atoms with van der Waals surface area (Å²) in [7, 11) is 1.61. The number of para-hydroxylation sites is 1. The molecule has 4 heteroatoms. The van der Waals surface area contributed by atoms with Gasteiger partial charge < -0.3 is 10.5 Å². The van der Waals surface area contributed by atoms with Gasteiger partial charge in [-0.15, -0.1) is 0 Å². The van der Waals surface area contributed by atoms with Crippen molar-refractivity contribution in [3.63, 3.8) is 0 Å². The number of nitrogens with two attached hydrogens (primary N) is 1.